The zero-order chi connectivity index (χ0) is 17.1. The molecule has 1 N–H and O–H groups in total. The first-order valence-corrected chi connectivity index (χ1v) is 9.18. The standard InChI is InChI=1S/C18H24N4OS.H2S/c1-12-6-16(8-19-13(12)2)7-15-4-5-22(10-15)11-17-9-20-18(24-17)21-14(3)23;/h6,8-9,15H,4-5,7,10-11H2,1-3H3,(H,20,21,23);1H2. The lowest BCUT2D eigenvalue weighted by molar-refractivity contribution is -0.114. The predicted molar refractivity (Wildman–Crippen MR) is 108 cm³/mol. The minimum absolute atomic E-state index is 0. The average Bonchev–Trinajstić information content (AvgIpc) is 3.13. The van der Waals surface area contributed by atoms with Crippen LogP contribution in [0.3, 0.4) is 0 Å². The number of amides is 1. The van der Waals surface area contributed by atoms with Crippen molar-refractivity contribution in [3.05, 3.63) is 40.2 Å². The summed E-state index contributed by atoms with van der Waals surface area (Å²) in [7, 11) is 0. The predicted octanol–water partition coefficient (Wildman–Crippen LogP) is 3.29. The number of aromatic nitrogens is 2. The molecule has 1 fully saturated rings. The lowest BCUT2D eigenvalue weighted by atomic mass is 9.98. The highest BCUT2D eigenvalue weighted by Gasteiger charge is 2.23. The molecule has 1 atom stereocenters. The molecule has 1 unspecified atom stereocenters. The third-order valence-electron chi connectivity index (χ3n) is 4.51. The molecule has 1 saturated heterocycles. The molecule has 0 radical (unpaired) electrons. The number of aryl methyl sites for hydroxylation is 2. The molecular weight excluding hydrogens is 352 g/mol. The van der Waals surface area contributed by atoms with Gasteiger partial charge in [0.15, 0.2) is 5.13 Å². The highest BCUT2D eigenvalue weighted by Crippen LogP contribution is 2.25. The second-order valence-corrected chi connectivity index (χ2v) is 7.77. The fraction of sp³-hybridized carbons (Fsp3) is 0.500. The van der Waals surface area contributed by atoms with Gasteiger partial charge < -0.3 is 5.32 Å². The van der Waals surface area contributed by atoms with Crippen molar-refractivity contribution in [2.24, 2.45) is 5.92 Å². The van der Waals surface area contributed by atoms with E-state index in [4.69, 9.17) is 0 Å². The molecule has 1 aliphatic heterocycles. The Labute approximate surface area is 160 Å². The topological polar surface area (TPSA) is 58.1 Å². The number of carbonyl (C=O) groups is 1. The van der Waals surface area contributed by atoms with Gasteiger partial charge in [-0.1, -0.05) is 6.07 Å². The number of hydrogen-bond acceptors (Lipinski definition) is 5. The van der Waals surface area contributed by atoms with Crippen LogP contribution >= 0.6 is 24.8 Å². The lowest BCUT2D eigenvalue weighted by Gasteiger charge is -2.15. The molecular formula is C18H26N4OS2. The van der Waals surface area contributed by atoms with Gasteiger partial charge in [0.2, 0.25) is 5.91 Å². The number of hydrogen-bond donors (Lipinski definition) is 1. The van der Waals surface area contributed by atoms with Gasteiger partial charge in [-0.05, 0) is 50.3 Å². The van der Waals surface area contributed by atoms with E-state index in [9.17, 15) is 4.79 Å². The molecule has 5 nitrogen and oxygen atoms in total. The number of nitrogens with zero attached hydrogens (tertiary/aromatic N) is 3. The first-order chi connectivity index (χ1) is 11.5. The molecule has 2 aromatic rings. The second kappa shape index (κ2) is 8.78. The van der Waals surface area contributed by atoms with Crippen LogP contribution in [0.25, 0.3) is 0 Å². The fourth-order valence-electron chi connectivity index (χ4n) is 3.18. The van der Waals surface area contributed by atoms with Crippen LogP contribution in [0.15, 0.2) is 18.5 Å². The molecule has 0 saturated carbocycles. The fourth-order valence-corrected chi connectivity index (χ4v) is 4.08. The van der Waals surface area contributed by atoms with Crippen molar-refractivity contribution in [2.75, 3.05) is 18.4 Å². The van der Waals surface area contributed by atoms with Crippen LogP contribution in [0.1, 0.15) is 35.0 Å². The van der Waals surface area contributed by atoms with Crippen molar-refractivity contribution in [3.63, 3.8) is 0 Å². The molecule has 1 amide bonds. The van der Waals surface area contributed by atoms with Crippen molar-refractivity contribution in [1.29, 1.82) is 0 Å². The molecule has 7 heteroatoms. The van der Waals surface area contributed by atoms with Gasteiger partial charge in [-0.15, -0.1) is 11.3 Å². The van der Waals surface area contributed by atoms with Gasteiger partial charge in [-0.2, -0.15) is 13.5 Å². The number of nitrogens with one attached hydrogen (secondary N) is 1. The summed E-state index contributed by atoms with van der Waals surface area (Å²) in [5.74, 6) is 0.621. The van der Waals surface area contributed by atoms with Gasteiger partial charge in [0.1, 0.15) is 0 Å². The van der Waals surface area contributed by atoms with Crippen LogP contribution in [0.4, 0.5) is 5.13 Å². The number of rotatable bonds is 5. The Hall–Kier alpha value is -1.44. The van der Waals surface area contributed by atoms with Crippen LogP contribution in [0.2, 0.25) is 0 Å². The SMILES string of the molecule is CC(=O)Nc1ncc(CN2CCC(Cc3cnc(C)c(C)c3)C2)s1.S. The lowest BCUT2D eigenvalue weighted by Crippen LogP contribution is -2.20. The maximum atomic E-state index is 11.1. The summed E-state index contributed by atoms with van der Waals surface area (Å²) in [5.41, 5.74) is 3.74. The van der Waals surface area contributed by atoms with E-state index in [1.807, 2.05) is 12.4 Å². The maximum Gasteiger partial charge on any atom is 0.223 e. The largest absolute Gasteiger partial charge is 0.302 e. The minimum Gasteiger partial charge on any atom is -0.302 e. The van der Waals surface area contributed by atoms with Crippen LogP contribution in [-0.4, -0.2) is 33.9 Å². The Morgan fingerprint density at radius 1 is 1.36 bits per heavy atom. The number of anilines is 1. The molecule has 0 spiro atoms. The van der Waals surface area contributed by atoms with E-state index in [0.29, 0.717) is 11.0 Å². The summed E-state index contributed by atoms with van der Waals surface area (Å²) in [6.07, 6.45) is 6.22. The van der Waals surface area contributed by atoms with Crippen LogP contribution in [-0.2, 0) is 17.8 Å². The van der Waals surface area contributed by atoms with Gasteiger partial charge in [0, 0.05) is 43.0 Å². The zero-order valence-electron chi connectivity index (χ0n) is 15.0. The Kier molecular flexibility index (Phi) is 6.98. The quantitative estimate of drug-likeness (QED) is 0.867. The van der Waals surface area contributed by atoms with E-state index in [1.165, 1.54) is 29.3 Å². The highest BCUT2D eigenvalue weighted by atomic mass is 32.1. The summed E-state index contributed by atoms with van der Waals surface area (Å²) >= 11 is 1.56. The Morgan fingerprint density at radius 3 is 2.88 bits per heavy atom. The third kappa shape index (κ3) is 5.52. The van der Waals surface area contributed by atoms with Crippen LogP contribution in [0, 0.1) is 19.8 Å². The number of thiazole rings is 1. The highest BCUT2D eigenvalue weighted by molar-refractivity contribution is 7.59. The molecule has 136 valence electrons. The molecule has 0 aliphatic carbocycles. The van der Waals surface area contributed by atoms with E-state index in [1.54, 1.807) is 11.3 Å². The smallest absolute Gasteiger partial charge is 0.223 e. The van der Waals surface area contributed by atoms with Crippen molar-refractivity contribution in [2.45, 2.75) is 40.2 Å². The molecule has 0 bridgehead atoms. The monoisotopic (exact) mass is 378 g/mol. The first-order valence-electron chi connectivity index (χ1n) is 8.36. The van der Waals surface area contributed by atoms with Crippen molar-refractivity contribution < 1.29 is 4.79 Å². The van der Waals surface area contributed by atoms with Crippen molar-refractivity contribution in [1.82, 2.24) is 14.9 Å². The molecule has 0 aromatic carbocycles. The summed E-state index contributed by atoms with van der Waals surface area (Å²) in [6.45, 7) is 8.84. The van der Waals surface area contributed by atoms with Crippen molar-refractivity contribution >= 4 is 35.9 Å². The molecule has 2 aromatic heterocycles. The summed E-state index contributed by atoms with van der Waals surface area (Å²) < 4.78 is 0. The van der Waals surface area contributed by atoms with E-state index in [2.05, 4.69) is 40.1 Å². The van der Waals surface area contributed by atoms with Gasteiger partial charge >= 0.3 is 0 Å². The first kappa shape index (κ1) is 19.9. The van der Waals surface area contributed by atoms with E-state index in [-0.39, 0.29) is 19.4 Å². The van der Waals surface area contributed by atoms with Gasteiger partial charge in [0.05, 0.1) is 0 Å². The third-order valence-corrected chi connectivity index (χ3v) is 5.40. The van der Waals surface area contributed by atoms with E-state index in [0.717, 1.165) is 31.7 Å². The summed E-state index contributed by atoms with van der Waals surface area (Å²) in [5, 5.41) is 3.43. The van der Waals surface area contributed by atoms with Crippen LogP contribution in [0.5, 0.6) is 0 Å². The van der Waals surface area contributed by atoms with Crippen molar-refractivity contribution in [3.8, 4) is 0 Å². The Morgan fingerprint density at radius 2 is 2.16 bits per heavy atom. The Bertz CT molecular complexity index is 732. The minimum atomic E-state index is -0.0702. The summed E-state index contributed by atoms with van der Waals surface area (Å²) in [6, 6.07) is 2.27. The molecule has 3 rings (SSSR count). The number of pyridine rings is 1. The van der Waals surface area contributed by atoms with Gasteiger partial charge in [-0.25, -0.2) is 4.98 Å². The molecule has 1 aliphatic rings. The zero-order valence-corrected chi connectivity index (χ0v) is 16.8. The summed E-state index contributed by atoms with van der Waals surface area (Å²) in [4.78, 5) is 23.5. The molecule has 25 heavy (non-hydrogen) atoms. The van der Waals surface area contributed by atoms with Gasteiger partial charge in [0.25, 0.3) is 0 Å². The Balaban J connectivity index is 0.00000225. The van der Waals surface area contributed by atoms with Gasteiger partial charge in [-0.3, -0.25) is 14.7 Å². The normalized spacial score (nSPS) is 17.3. The maximum absolute atomic E-state index is 11.1. The van der Waals surface area contributed by atoms with Crippen LogP contribution < -0.4 is 5.32 Å². The number of carbonyl (C=O) groups excluding carboxylic acids is 1. The second-order valence-electron chi connectivity index (χ2n) is 6.65. The van der Waals surface area contributed by atoms with E-state index >= 15 is 0 Å². The number of likely N-dealkylation sites (tertiary alicyclic amines) is 1. The molecule has 3 heterocycles. The average molecular weight is 379 g/mol. The van der Waals surface area contributed by atoms with E-state index < -0.39 is 0 Å².